The number of fused-ring (bicyclic) bond motifs is 22. The van der Waals surface area contributed by atoms with Gasteiger partial charge >= 0.3 is 0 Å². The van der Waals surface area contributed by atoms with E-state index in [-0.39, 0.29) is 5.91 Å². The topological polar surface area (TPSA) is 135 Å². The monoisotopic (exact) mass is 1240 g/mol. The van der Waals surface area contributed by atoms with Crippen LogP contribution in [0.15, 0.2) is 144 Å². The Labute approximate surface area is 532 Å². The van der Waals surface area contributed by atoms with Crippen LogP contribution in [0.3, 0.4) is 0 Å². The Morgan fingerprint density at radius 2 is 1.11 bits per heavy atom. The fourth-order valence-corrected chi connectivity index (χ4v) is 11.8. The van der Waals surface area contributed by atoms with Gasteiger partial charge in [0.05, 0.1) is 102 Å². The molecule has 1 N–H and O–H groups in total. The Balaban J connectivity index is 1.02. The number of amides is 1. The van der Waals surface area contributed by atoms with Crippen molar-refractivity contribution >= 4 is 59.7 Å². The van der Waals surface area contributed by atoms with Gasteiger partial charge < -0.3 is 71.9 Å². The summed E-state index contributed by atoms with van der Waals surface area (Å²) < 4.78 is 59.7. The van der Waals surface area contributed by atoms with Gasteiger partial charge in [-0.05, 0) is 136 Å². The highest BCUT2D eigenvalue weighted by Crippen LogP contribution is 2.43. The highest BCUT2D eigenvalue weighted by molar-refractivity contribution is 7.35. The number of anilines is 6. The summed E-state index contributed by atoms with van der Waals surface area (Å²) >= 11 is 0. The van der Waals surface area contributed by atoms with E-state index in [0.717, 1.165) is 107 Å². The van der Waals surface area contributed by atoms with E-state index in [1.807, 2.05) is 47.0 Å². The van der Waals surface area contributed by atoms with Gasteiger partial charge in [-0.2, -0.15) is 0 Å². The first kappa shape index (κ1) is 65.1. The molecule has 4 aliphatic heterocycles. The largest absolute Gasteiger partial charge is 0.490 e. The number of methoxy groups -OCH3 is 1. The average Bonchev–Trinajstić information content (AvgIpc) is 0.809. The molecule has 1 saturated heterocycles. The summed E-state index contributed by atoms with van der Waals surface area (Å²) in [7, 11) is 10.2. The van der Waals surface area contributed by atoms with E-state index in [2.05, 4.69) is 175 Å². The van der Waals surface area contributed by atoms with E-state index in [0.29, 0.717) is 146 Å². The number of hydrogen-bond donors (Lipinski definition) is 1. The highest BCUT2D eigenvalue weighted by Gasteiger charge is 2.23. The minimum atomic E-state index is 0.00269. The van der Waals surface area contributed by atoms with Crippen molar-refractivity contribution in [1.29, 1.82) is 0 Å². The predicted molar refractivity (Wildman–Crippen MR) is 365 cm³/mol. The smallest absolute Gasteiger partial charge is 0.227 e. The van der Waals surface area contributed by atoms with Gasteiger partial charge in [-0.1, -0.05) is 42.5 Å². The second-order valence-corrected chi connectivity index (χ2v) is 23.8. The van der Waals surface area contributed by atoms with E-state index >= 15 is 0 Å². The Morgan fingerprint density at radius 3 is 1.67 bits per heavy atom. The molecular formula is C72H89N7O10P+. The first-order valence-electron chi connectivity index (χ1n) is 31.3. The van der Waals surface area contributed by atoms with Crippen LogP contribution < -0.4 is 53.7 Å². The molecule has 476 valence electrons. The molecule has 2 bridgehead atoms. The summed E-state index contributed by atoms with van der Waals surface area (Å²) in [4.78, 5) is 24.1. The molecule has 0 radical (unpaired) electrons. The lowest BCUT2D eigenvalue weighted by molar-refractivity contribution is -0.118. The summed E-state index contributed by atoms with van der Waals surface area (Å²) in [6.07, 6.45) is 0.300. The van der Waals surface area contributed by atoms with Gasteiger partial charge in [-0.25, -0.2) is 4.58 Å². The van der Waals surface area contributed by atoms with Gasteiger partial charge in [0.25, 0.3) is 0 Å². The molecule has 5 aliphatic rings. The number of ether oxygens (including phenoxy) is 8. The molecule has 1 amide bonds. The van der Waals surface area contributed by atoms with Crippen LogP contribution in [0.1, 0.15) is 22.3 Å². The standard InChI is InChI=1S/C72H88N7O10P/c1-52-9-24-63-68(45-52)86-37-31-78(32-38-87-69-46-53(2)10-25-64(69)77-29-35-84-42-40-82-33-27-76(63)28-34-83-41-43-85-36-30-77)65-26-13-55(47-70(65)88-44-39-81-7)51-79(57-16-11-54(12-17-57)48-71(80)73-90-8)58-18-14-56(15-19-58)72-61-22-20-59(74(3)4)49-66(61)89-67-50-60(75(5)6)21-23-62(67)72/h9-26,45-47,49-50,90H,27-44,48,51H2,1-8H3/p+1. The van der Waals surface area contributed by atoms with Crippen molar-refractivity contribution in [2.75, 3.05) is 185 Å². The molecule has 0 saturated carbocycles. The third kappa shape index (κ3) is 17.1. The summed E-state index contributed by atoms with van der Waals surface area (Å²) in [5.74, 6) is 3.10. The molecule has 90 heavy (non-hydrogen) atoms. The first-order chi connectivity index (χ1) is 43.9. The van der Waals surface area contributed by atoms with Crippen LogP contribution in [-0.4, -0.2) is 166 Å². The molecular weight excluding hydrogens is 1150 g/mol. The summed E-state index contributed by atoms with van der Waals surface area (Å²) in [5.41, 5.74) is 14.0. The van der Waals surface area contributed by atoms with Crippen LogP contribution in [0, 0.1) is 13.8 Å². The molecule has 1 atom stereocenters. The number of rotatable bonds is 14. The Hall–Kier alpha value is -7.89. The third-order valence-corrected chi connectivity index (χ3v) is 16.8. The molecule has 1 aliphatic carbocycles. The minimum absolute atomic E-state index is 0.00269. The van der Waals surface area contributed by atoms with Gasteiger partial charge in [0.15, 0.2) is 0 Å². The second kappa shape index (κ2) is 32.2. The predicted octanol–water partition coefficient (Wildman–Crippen LogP) is 10.8. The molecule has 17 nitrogen and oxygen atoms in total. The molecule has 18 heteroatoms. The van der Waals surface area contributed by atoms with Crippen molar-refractivity contribution in [3.05, 3.63) is 167 Å². The van der Waals surface area contributed by atoms with Gasteiger partial charge in [-0.3, -0.25) is 4.79 Å². The maximum absolute atomic E-state index is 12.8. The fraction of sp³-hybridized carbons (Fsp3) is 0.389. The van der Waals surface area contributed by atoms with Gasteiger partial charge in [0, 0.05) is 99.6 Å². The normalized spacial score (nSPS) is 15.2. The zero-order valence-corrected chi connectivity index (χ0v) is 54.7. The second-order valence-electron chi connectivity index (χ2n) is 23.1. The van der Waals surface area contributed by atoms with Crippen LogP contribution in [0.25, 0.3) is 33.4 Å². The van der Waals surface area contributed by atoms with Crippen molar-refractivity contribution in [3.63, 3.8) is 0 Å². The van der Waals surface area contributed by atoms with Crippen molar-refractivity contribution in [1.82, 2.24) is 9.66 Å². The maximum atomic E-state index is 12.8. The zero-order valence-electron chi connectivity index (χ0n) is 53.7. The summed E-state index contributed by atoms with van der Waals surface area (Å²) in [6.45, 7) is 15.7. The number of carbonyl (C=O) groups is 1. The van der Waals surface area contributed by atoms with E-state index < -0.39 is 0 Å². The van der Waals surface area contributed by atoms with Crippen molar-refractivity contribution in [3.8, 4) is 39.7 Å². The summed E-state index contributed by atoms with van der Waals surface area (Å²) in [5, 5.41) is 5.06. The molecule has 0 aromatic heterocycles. The van der Waals surface area contributed by atoms with Crippen LogP contribution in [0.5, 0.6) is 17.2 Å². The van der Waals surface area contributed by atoms with Crippen LogP contribution in [0.2, 0.25) is 0 Å². The lowest BCUT2D eigenvalue weighted by Crippen LogP contribution is -2.34. The SMILES string of the molecule is COCCOc1cc(CN(c2ccc(CC(=O)NPC)cc2)c2ccc(-c3c4ccc(=[N+](C)C)cc-4oc4cc(N(C)C)ccc34)cc2)ccc1N1CCOc2cc(C)ccc2N2CCOCCOCCN(CCOCCOCC2)c2ccc(C)cc2OCC1. The van der Waals surface area contributed by atoms with Crippen molar-refractivity contribution < 1.29 is 47.1 Å². The lowest BCUT2D eigenvalue weighted by Gasteiger charge is -2.30. The quantitative estimate of drug-likeness (QED) is 0.0363. The highest BCUT2D eigenvalue weighted by atomic mass is 31.1. The minimum Gasteiger partial charge on any atom is -0.490 e. The van der Waals surface area contributed by atoms with Crippen molar-refractivity contribution in [2.45, 2.75) is 26.8 Å². The van der Waals surface area contributed by atoms with Gasteiger partial charge in [0.2, 0.25) is 11.3 Å². The van der Waals surface area contributed by atoms with Crippen LogP contribution in [0.4, 0.5) is 34.1 Å². The molecule has 1 fully saturated rings. The average molecular weight is 1240 g/mol. The Morgan fingerprint density at radius 1 is 0.578 bits per heavy atom. The summed E-state index contributed by atoms with van der Waals surface area (Å²) in [6, 6.07) is 49.2. The van der Waals surface area contributed by atoms with Crippen LogP contribution >= 0.6 is 8.73 Å². The molecule has 4 heterocycles. The first-order valence-corrected chi connectivity index (χ1v) is 32.8. The molecule has 11 rings (SSSR count). The number of carbonyl (C=O) groups excluding carboxylic acids is 1. The molecule has 6 aromatic rings. The van der Waals surface area contributed by atoms with E-state index in [9.17, 15) is 4.79 Å². The zero-order chi connectivity index (χ0) is 62.8. The maximum Gasteiger partial charge on any atom is 0.227 e. The van der Waals surface area contributed by atoms with E-state index in [1.54, 1.807) is 7.11 Å². The van der Waals surface area contributed by atoms with E-state index in [1.165, 1.54) is 0 Å². The number of nitrogens with zero attached hydrogens (tertiary/aromatic N) is 6. The number of hydrogen-bond acceptors (Lipinski definition) is 15. The fourth-order valence-electron chi connectivity index (χ4n) is 11.4. The molecule has 1 unspecified atom stereocenters. The third-order valence-electron chi connectivity index (χ3n) is 16.2. The number of aryl methyl sites for hydroxylation is 2. The molecule has 6 aromatic carbocycles. The number of nitrogens with one attached hydrogen (secondary N) is 1. The lowest BCUT2D eigenvalue weighted by atomic mass is 9.93. The number of benzene rings is 7. The Bertz CT molecular complexity index is 3570. The van der Waals surface area contributed by atoms with E-state index in [4.69, 9.17) is 42.3 Å². The van der Waals surface area contributed by atoms with Gasteiger partial charge in [0.1, 0.15) is 62.5 Å². The van der Waals surface area contributed by atoms with Crippen molar-refractivity contribution in [2.24, 2.45) is 0 Å². The molecule has 0 spiro atoms. The van der Waals surface area contributed by atoms with Gasteiger partial charge in [-0.15, -0.1) is 0 Å². The van der Waals surface area contributed by atoms with Crippen LogP contribution in [-0.2, 0) is 41.4 Å². The Kier molecular flexibility index (Phi) is 23.3.